The second-order valence-corrected chi connectivity index (χ2v) is 8.16. The van der Waals surface area contributed by atoms with E-state index in [1.54, 1.807) is 18.2 Å². The van der Waals surface area contributed by atoms with Gasteiger partial charge in [-0.3, -0.25) is 9.59 Å². The van der Waals surface area contributed by atoms with Gasteiger partial charge in [-0.05, 0) is 69.0 Å². The van der Waals surface area contributed by atoms with E-state index in [0.29, 0.717) is 30.7 Å². The van der Waals surface area contributed by atoms with Gasteiger partial charge < -0.3 is 19.8 Å². The maximum Gasteiger partial charge on any atom is 0.295 e. The second-order valence-electron chi connectivity index (χ2n) is 8.16. The lowest BCUT2D eigenvalue weighted by Gasteiger charge is -2.25. The van der Waals surface area contributed by atoms with Crippen LogP contribution in [-0.2, 0) is 14.3 Å². The van der Waals surface area contributed by atoms with Crippen LogP contribution < -0.4 is 0 Å². The Labute approximate surface area is 182 Å². The molecule has 3 rings (SSSR count). The van der Waals surface area contributed by atoms with Crippen molar-refractivity contribution in [3.63, 3.8) is 0 Å². The molecule has 1 amide bonds. The fourth-order valence-electron chi connectivity index (χ4n) is 3.71. The van der Waals surface area contributed by atoms with Gasteiger partial charge in [0.1, 0.15) is 11.5 Å². The monoisotopic (exact) mass is 423 g/mol. The molecule has 0 spiro atoms. The van der Waals surface area contributed by atoms with Crippen LogP contribution in [0.1, 0.15) is 48.6 Å². The van der Waals surface area contributed by atoms with Crippen molar-refractivity contribution in [2.75, 3.05) is 13.2 Å². The molecule has 1 unspecified atom stereocenters. The molecule has 6 nitrogen and oxygen atoms in total. The van der Waals surface area contributed by atoms with Crippen molar-refractivity contribution in [1.82, 2.24) is 4.90 Å². The van der Waals surface area contributed by atoms with Crippen LogP contribution in [0.4, 0.5) is 0 Å². The summed E-state index contributed by atoms with van der Waals surface area (Å²) in [4.78, 5) is 27.4. The number of Topliss-reactive ketones (excluding diaryl/α,β-unsaturated/α-hetero) is 1. The number of phenolic OH excluding ortho intramolecular Hbond substituents is 1. The molecule has 164 valence electrons. The number of hydrogen-bond donors (Lipinski definition) is 2. The zero-order valence-corrected chi connectivity index (χ0v) is 18.4. The van der Waals surface area contributed by atoms with Gasteiger partial charge >= 0.3 is 0 Å². The number of benzene rings is 2. The minimum absolute atomic E-state index is 0.0590. The number of hydrogen-bond acceptors (Lipinski definition) is 5. The average molecular weight is 424 g/mol. The first-order chi connectivity index (χ1) is 14.7. The number of rotatable bonds is 7. The number of carbonyl (C=O) groups excluding carboxylic acids is 2. The molecule has 1 heterocycles. The number of likely N-dealkylation sites (tertiary alicyclic amines) is 1. The van der Waals surface area contributed by atoms with E-state index in [9.17, 15) is 19.8 Å². The van der Waals surface area contributed by atoms with Crippen LogP contribution in [-0.4, -0.2) is 46.1 Å². The van der Waals surface area contributed by atoms with E-state index in [1.807, 2.05) is 39.8 Å². The predicted molar refractivity (Wildman–Crippen MR) is 119 cm³/mol. The molecule has 0 radical (unpaired) electrons. The first-order valence-corrected chi connectivity index (χ1v) is 10.5. The zero-order chi connectivity index (χ0) is 22.7. The van der Waals surface area contributed by atoms with Gasteiger partial charge in [0.05, 0.1) is 17.7 Å². The molecule has 2 N–H and O–H groups in total. The fraction of sp³-hybridized carbons (Fsp3) is 0.360. The van der Waals surface area contributed by atoms with Crippen molar-refractivity contribution >= 4 is 17.4 Å². The number of phenols is 1. The summed E-state index contributed by atoms with van der Waals surface area (Å²) in [7, 11) is 0. The van der Waals surface area contributed by atoms with Gasteiger partial charge in [0.2, 0.25) is 0 Å². The Morgan fingerprint density at radius 2 is 1.74 bits per heavy atom. The second kappa shape index (κ2) is 9.35. The van der Waals surface area contributed by atoms with Crippen LogP contribution in [0.2, 0.25) is 0 Å². The predicted octanol–water partition coefficient (Wildman–Crippen LogP) is 4.25. The van der Waals surface area contributed by atoms with Gasteiger partial charge in [-0.15, -0.1) is 0 Å². The molecule has 2 aromatic carbocycles. The molecule has 0 aliphatic carbocycles. The highest BCUT2D eigenvalue weighted by molar-refractivity contribution is 6.46. The van der Waals surface area contributed by atoms with Crippen molar-refractivity contribution in [2.24, 2.45) is 0 Å². The van der Waals surface area contributed by atoms with Crippen molar-refractivity contribution in [3.05, 3.63) is 70.3 Å². The standard InChI is InChI=1S/C25H29NO5/c1-15(2)31-13-5-12-26-22(18-8-10-20(27)11-9-18)21(24(29)25(26)30)23(28)19-7-6-16(3)17(4)14-19/h6-11,14-15,22,27-28H,5,12-13H2,1-4H3/b23-21-. The maximum absolute atomic E-state index is 13.0. The highest BCUT2D eigenvalue weighted by atomic mass is 16.5. The number of carbonyl (C=O) groups is 2. The summed E-state index contributed by atoms with van der Waals surface area (Å²) in [6.45, 7) is 8.54. The number of aliphatic hydroxyl groups excluding tert-OH is 1. The Balaban J connectivity index is 2.04. The molecule has 1 aliphatic rings. The van der Waals surface area contributed by atoms with Gasteiger partial charge in [0.25, 0.3) is 11.7 Å². The third-order valence-corrected chi connectivity index (χ3v) is 5.52. The third kappa shape index (κ3) is 4.80. The minimum Gasteiger partial charge on any atom is -0.508 e. The first-order valence-electron chi connectivity index (χ1n) is 10.5. The lowest BCUT2D eigenvalue weighted by atomic mass is 9.94. The summed E-state index contributed by atoms with van der Waals surface area (Å²) in [5.74, 6) is -1.47. The molecule has 31 heavy (non-hydrogen) atoms. The maximum atomic E-state index is 13.0. The topological polar surface area (TPSA) is 87.1 Å². The number of nitrogens with zero attached hydrogens (tertiary/aromatic N) is 1. The van der Waals surface area contributed by atoms with Crippen LogP contribution in [0, 0.1) is 13.8 Å². The average Bonchev–Trinajstić information content (AvgIpc) is 2.98. The molecule has 1 fully saturated rings. The number of ether oxygens (including phenoxy) is 1. The molecule has 1 aliphatic heterocycles. The molecule has 1 saturated heterocycles. The lowest BCUT2D eigenvalue weighted by molar-refractivity contribution is -0.140. The summed E-state index contributed by atoms with van der Waals surface area (Å²) in [5, 5.41) is 20.8. The number of aryl methyl sites for hydroxylation is 2. The van der Waals surface area contributed by atoms with E-state index in [4.69, 9.17) is 4.74 Å². The van der Waals surface area contributed by atoms with Crippen molar-refractivity contribution in [2.45, 2.75) is 46.3 Å². The normalized spacial score (nSPS) is 18.2. The smallest absolute Gasteiger partial charge is 0.295 e. The van der Waals surface area contributed by atoms with Crippen LogP contribution in [0.3, 0.4) is 0 Å². The lowest BCUT2D eigenvalue weighted by Crippen LogP contribution is -2.31. The Morgan fingerprint density at radius 1 is 1.06 bits per heavy atom. The molecule has 2 aromatic rings. The van der Waals surface area contributed by atoms with Crippen LogP contribution in [0.5, 0.6) is 5.75 Å². The van der Waals surface area contributed by atoms with Crippen LogP contribution >= 0.6 is 0 Å². The number of aromatic hydroxyl groups is 1. The van der Waals surface area contributed by atoms with E-state index in [2.05, 4.69) is 0 Å². The Kier molecular flexibility index (Phi) is 6.81. The minimum atomic E-state index is -0.735. The summed E-state index contributed by atoms with van der Waals surface area (Å²) in [5.41, 5.74) is 3.24. The van der Waals surface area contributed by atoms with E-state index >= 15 is 0 Å². The number of amides is 1. The number of ketones is 1. The van der Waals surface area contributed by atoms with Crippen molar-refractivity contribution in [1.29, 1.82) is 0 Å². The highest BCUT2D eigenvalue weighted by Crippen LogP contribution is 2.40. The largest absolute Gasteiger partial charge is 0.508 e. The van der Waals surface area contributed by atoms with E-state index < -0.39 is 17.7 Å². The molecule has 6 heteroatoms. The van der Waals surface area contributed by atoms with Crippen molar-refractivity contribution < 1.29 is 24.5 Å². The highest BCUT2D eigenvalue weighted by Gasteiger charge is 2.45. The summed E-state index contributed by atoms with van der Waals surface area (Å²) >= 11 is 0. The summed E-state index contributed by atoms with van der Waals surface area (Å²) < 4.78 is 5.57. The van der Waals surface area contributed by atoms with E-state index in [0.717, 1.165) is 11.1 Å². The van der Waals surface area contributed by atoms with Gasteiger partial charge in [-0.25, -0.2) is 0 Å². The zero-order valence-electron chi connectivity index (χ0n) is 18.4. The molecule has 0 aromatic heterocycles. The van der Waals surface area contributed by atoms with Crippen LogP contribution in [0.25, 0.3) is 5.76 Å². The molecule has 1 atom stereocenters. The van der Waals surface area contributed by atoms with Gasteiger partial charge in [-0.2, -0.15) is 0 Å². The van der Waals surface area contributed by atoms with Gasteiger partial charge in [-0.1, -0.05) is 24.3 Å². The molecular formula is C25H29NO5. The Morgan fingerprint density at radius 3 is 2.35 bits per heavy atom. The molecule has 0 bridgehead atoms. The summed E-state index contributed by atoms with van der Waals surface area (Å²) in [6, 6.07) is 11.0. The Hall–Kier alpha value is -3.12. The SMILES string of the molecule is Cc1ccc(/C(O)=C2/C(=O)C(=O)N(CCCOC(C)C)C2c2ccc(O)cc2)cc1C. The van der Waals surface area contributed by atoms with Crippen molar-refractivity contribution in [3.8, 4) is 5.75 Å². The first kappa shape index (κ1) is 22.6. The van der Waals surface area contributed by atoms with Gasteiger partial charge in [0, 0.05) is 18.7 Å². The Bertz CT molecular complexity index is 1010. The summed E-state index contributed by atoms with van der Waals surface area (Å²) in [6.07, 6.45) is 0.636. The van der Waals surface area contributed by atoms with E-state index in [1.165, 1.54) is 17.0 Å². The van der Waals surface area contributed by atoms with E-state index in [-0.39, 0.29) is 23.2 Å². The third-order valence-electron chi connectivity index (χ3n) is 5.52. The quantitative estimate of drug-likeness (QED) is 0.301. The van der Waals surface area contributed by atoms with Crippen LogP contribution in [0.15, 0.2) is 48.0 Å². The molecule has 0 saturated carbocycles. The molecular weight excluding hydrogens is 394 g/mol. The number of aliphatic hydroxyl groups is 1. The van der Waals surface area contributed by atoms with Gasteiger partial charge in [0.15, 0.2) is 0 Å². The fourth-order valence-corrected chi connectivity index (χ4v) is 3.71.